The van der Waals surface area contributed by atoms with Crippen LogP contribution in [0.3, 0.4) is 0 Å². The molecule has 0 spiro atoms. The Bertz CT molecular complexity index is 1490. The first kappa shape index (κ1) is 27.1. The number of nitrogen functional groups attached to an aromatic ring is 1. The lowest BCUT2D eigenvalue weighted by Gasteiger charge is -2.33. The molecule has 0 amide bonds. The molecule has 4 rings (SSSR count). The predicted molar refractivity (Wildman–Crippen MR) is 149 cm³/mol. The SMILES string of the molecule is C=CCn1c(S[C@@H](C)C(=O)c2c(N)n(C)c(=O)n(C)c2=O)nnc1-c1cc2c(s1)CC[C@@H](C(C)(C)C)C2. The Morgan fingerprint density at radius 1 is 1.30 bits per heavy atom. The second-order valence-corrected chi connectivity index (χ2v) is 13.1. The number of ketones is 1. The molecule has 37 heavy (non-hydrogen) atoms. The molecular weight excluding hydrogens is 508 g/mol. The Morgan fingerprint density at radius 2 is 2.00 bits per heavy atom. The molecule has 2 N–H and O–H groups in total. The van der Waals surface area contributed by atoms with Crippen LogP contribution in [0.4, 0.5) is 5.82 Å². The van der Waals surface area contributed by atoms with E-state index in [4.69, 9.17) is 5.73 Å². The minimum absolute atomic E-state index is 0.142. The van der Waals surface area contributed by atoms with Crippen LogP contribution in [0.1, 0.15) is 54.9 Å². The van der Waals surface area contributed by atoms with E-state index >= 15 is 0 Å². The minimum Gasteiger partial charge on any atom is -0.384 e. The van der Waals surface area contributed by atoms with E-state index in [1.807, 2.05) is 4.57 Å². The Hall–Kier alpha value is -2.92. The first-order valence-corrected chi connectivity index (χ1v) is 14.0. The predicted octanol–water partition coefficient (Wildman–Crippen LogP) is 3.69. The minimum atomic E-state index is -0.705. The molecular formula is C26H34N6O3S2. The van der Waals surface area contributed by atoms with Gasteiger partial charge in [0.25, 0.3) is 5.56 Å². The van der Waals surface area contributed by atoms with E-state index in [9.17, 15) is 14.4 Å². The van der Waals surface area contributed by atoms with Crippen molar-refractivity contribution in [1.29, 1.82) is 0 Å². The number of nitrogens with two attached hydrogens (primary N) is 1. The fraction of sp³-hybridized carbons (Fsp3) is 0.500. The van der Waals surface area contributed by atoms with Gasteiger partial charge in [0, 0.05) is 25.5 Å². The average Bonchev–Trinajstić information content (AvgIpc) is 3.44. The number of hydrogen-bond acceptors (Lipinski definition) is 8. The van der Waals surface area contributed by atoms with Crippen molar-refractivity contribution in [2.45, 2.75) is 63.9 Å². The highest BCUT2D eigenvalue weighted by atomic mass is 32.2. The molecule has 0 radical (unpaired) electrons. The summed E-state index contributed by atoms with van der Waals surface area (Å²) < 4.78 is 3.94. The molecule has 0 bridgehead atoms. The van der Waals surface area contributed by atoms with E-state index in [-0.39, 0.29) is 16.8 Å². The average molecular weight is 543 g/mol. The molecule has 9 nitrogen and oxygen atoms in total. The number of aromatic nitrogens is 5. The van der Waals surface area contributed by atoms with Crippen LogP contribution in [-0.4, -0.2) is 34.9 Å². The highest BCUT2D eigenvalue weighted by Crippen LogP contribution is 2.42. The molecule has 198 valence electrons. The van der Waals surface area contributed by atoms with Gasteiger partial charge in [-0.2, -0.15) is 0 Å². The van der Waals surface area contributed by atoms with Crippen LogP contribution in [0.2, 0.25) is 0 Å². The number of rotatable bonds is 7. The zero-order chi connectivity index (χ0) is 27.2. The van der Waals surface area contributed by atoms with Crippen molar-refractivity contribution in [3.63, 3.8) is 0 Å². The van der Waals surface area contributed by atoms with E-state index in [0.29, 0.717) is 17.6 Å². The zero-order valence-corrected chi connectivity index (χ0v) is 23.8. The van der Waals surface area contributed by atoms with Gasteiger partial charge in [0.1, 0.15) is 11.4 Å². The maximum Gasteiger partial charge on any atom is 0.332 e. The molecule has 11 heteroatoms. The van der Waals surface area contributed by atoms with Crippen LogP contribution >= 0.6 is 23.1 Å². The molecule has 3 aromatic heterocycles. The van der Waals surface area contributed by atoms with Crippen molar-refractivity contribution in [2.75, 3.05) is 5.73 Å². The number of nitrogens with zero attached hydrogens (tertiary/aromatic N) is 5. The lowest BCUT2D eigenvalue weighted by atomic mass is 9.72. The van der Waals surface area contributed by atoms with E-state index in [1.165, 1.54) is 42.7 Å². The van der Waals surface area contributed by atoms with Gasteiger partial charge in [-0.25, -0.2) is 4.79 Å². The van der Waals surface area contributed by atoms with Crippen molar-refractivity contribution in [1.82, 2.24) is 23.9 Å². The van der Waals surface area contributed by atoms with Crippen LogP contribution in [-0.2, 0) is 33.5 Å². The summed E-state index contributed by atoms with van der Waals surface area (Å²) in [5.41, 5.74) is 6.18. The van der Waals surface area contributed by atoms with E-state index in [1.54, 1.807) is 24.3 Å². The summed E-state index contributed by atoms with van der Waals surface area (Å²) in [7, 11) is 2.76. The smallest absolute Gasteiger partial charge is 0.332 e. The standard InChI is InChI=1S/C26H34N6O3S2/c1-8-11-32-22(18-13-15-12-16(26(3,4)5)9-10-17(15)37-18)28-29-24(32)36-14(2)20(33)19-21(27)30(6)25(35)31(7)23(19)34/h8,13-14,16H,1,9-12,27H2,2-7H3/t14-,16+/m0/s1. The summed E-state index contributed by atoms with van der Waals surface area (Å²) in [6.45, 7) is 13.0. The zero-order valence-electron chi connectivity index (χ0n) is 22.2. The summed E-state index contributed by atoms with van der Waals surface area (Å²) in [5, 5.41) is 8.75. The molecule has 3 aromatic rings. The quantitative estimate of drug-likeness (QED) is 0.275. The van der Waals surface area contributed by atoms with Gasteiger partial charge in [0.15, 0.2) is 16.8 Å². The number of aryl methyl sites for hydroxylation is 1. The fourth-order valence-electron chi connectivity index (χ4n) is 4.73. The summed E-state index contributed by atoms with van der Waals surface area (Å²) >= 11 is 2.96. The van der Waals surface area contributed by atoms with Gasteiger partial charge in [-0.1, -0.05) is 38.6 Å². The molecule has 1 aliphatic carbocycles. The number of hydrogen-bond donors (Lipinski definition) is 1. The molecule has 0 aromatic carbocycles. The van der Waals surface area contributed by atoms with Gasteiger partial charge < -0.3 is 5.73 Å². The molecule has 1 aliphatic rings. The lowest BCUT2D eigenvalue weighted by molar-refractivity contribution is 0.0992. The normalized spacial score (nSPS) is 16.4. The number of thiophene rings is 1. The Labute approximate surface area is 224 Å². The third-order valence-corrected chi connectivity index (χ3v) is 9.48. The lowest BCUT2D eigenvalue weighted by Crippen LogP contribution is -2.42. The van der Waals surface area contributed by atoms with Crippen LogP contribution in [0, 0.1) is 11.3 Å². The number of fused-ring (bicyclic) bond motifs is 1. The monoisotopic (exact) mass is 542 g/mol. The molecule has 0 unspecified atom stereocenters. The van der Waals surface area contributed by atoms with Crippen LogP contribution < -0.4 is 17.0 Å². The largest absolute Gasteiger partial charge is 0.384 e. The molecule has 0 aliphatic heterocycles. The number of allylic oxidation sites excluding steroid dienone is 1. The molecule has 2 atom stereocenters. The number of anilines is 1. The van der Waals surface area contributed by atoms with E-state index in [0.717, 1.165) is 32.7 Å². The maximum absolute atomic E-state index is 13.3. The first-order chi connectivity index (χ1) is 17.3. The second kappa shape index (κ2) is 10.1. The van der Waals surface area contributed by atoms with Gasteiger partial charge in [0.2, 0.25) is 0 Å². The van der Waals surface area contributed by atoms with Crippen molar-refractivity contribution in [3.8, 4) is 10.7 Å². The molecule has 0 saturated heterocycles. The molecule has 0 fully saturated rings. The van der Waals surface area contributed by atoms with Gasteiger partial charge in [-0.05, 0) is 49.1 Å². The van der Waals surface area contributed by atoms with Crippen LogP contribution in [0.15, 0.2) is 33.5 Å². The number of Topliss-reactive ketones (excluding diaryl/α,β-unsaturated/α-hetero) is 1. The number of thioether (sulfide) groups is 1. The van der Waals surface area contributed by atoms with Crippen molar-refractivity contribution in [3.05, 3.63) is 55.6 Å². The van der Waals surface area contributed by atoms with Crippen LogP contribution in [0.25, 0.3) is 10.7 Å². The van der Waals surface area contributed by atoms with Gasteiger partial charge in [-0.15, -0.1) is 28.1 Å². The Balaban J connectivity index is 1.64. The summed E-state index contributed by atoms with van der Waals surface area (Å²) in [6, 6.07) is 2.24. The maximum atomic E-state index is 13.3. The molecule has 3 heterocycles. The van der Waals surface area contributed by atoms with Crippen molar-refractivity contribution < 1.29 is 4.79 Å². The number of carbonyl (C=O) groups is 1. The topological polar surface area (TPSA) is 118 Å². The van der Waals surface area contributed by atoms with Gasteiger partial charge >= 0.3 is 5.69 Å². The third kappa shape index (κ3) is 4.98. The second-order valence-electron chi connectivity index (χ2n) is 10.7. The van der Waals surface area contributed by atoms with Crippen LogP contribution in [0.5, 0.6) is 0 Å². The summed E-state index contributed by atoms with van der Waals surface area (Å²) in [5.74, 6) is 0.778. The summed E-state index contributed by atoms with van der Waals surface area (Å²) in [6.07, 6.45) is 5.09. The van der Waals surface area contributed by atoms with Gasteiger partial charge in [-0.3, -0.25) is 23.3 Å². The fourth-order valence-corrected chi connectivity index (χ4v) is 6.85. The highest BCUT2D eigenvalue weighted by molar-refractivity contribution is 8.00. The highest BCUT2D eigenvalue weighted by Gasteiger charge is 2.31. The summed E-state index contributed by atoms with van der Waals surface area (Å²) in [4.78, 5) is 40.6. The van der Waals surface area contributed by atoms with Gasteiger partial charge in [0.05, 0.1) is 10.1 Å². The number of carbonyl (C=O) groups excluding carboxylic acids is 1. The molecule has 0 saturated carbocycles. The third-order valence-electron chi connectivity index (χ3n) is 7.16. The Kier molecular flexibility index (Phi) is 7.40. The first-order valence-electron chi connectivity index (χ1n) is 12.3. The van der Waals surface area contributed by atoms with E-state index in [2.05, 4.69) is 43.6 Å². The van der Waals surface area contributed by atoms with Crippen molar-refractivity contribution in [2.24, 2.45) is 25.4 Å². The Morgan fingerprint density at radius 3 is 2.65 bits per heavy atom. The van der Waals surface area contributed by atoms with Crippen molar-refractivity contribution >= 4 is 34.7 Å². The van der Waals surface area contributed by atoms with E-state index < -0.39 is 22.3 Å².